The van der Waals surface area contributed by atoms with E-state index >= 15 is 0 Å². The molecule has 0 saturated heterocycles. The van der Waals surface area contributed by atoms with Gasteiger partial charge in [-0.2, -0.15) is 10.2 Å². The van der Waals surface area contributed by atoms with Gasteiger partial charge in [0.05, 0.1) is 36.8 Å². The number of amides is 1. The van der Waals surface area contributed by atoms with Gasteiger partial charge in [-0.3, -0.25) is 9.89 Å². The number of aromatic amines is 1. The molecular formula is C22H21FN6O2. The van der Waals surface area contributed by atoms with Crippen LogP contribution >= 0.6 is 0 Å². The molecule has 158 valence electrons. The van der Waals surface area contributed by atoms with Gasteiger partial charge in [0.15, 0.2) is 5.82 Å². The third kappa shape index (κ3) is 4.30. The van der Waals surface area contributed by atoms with E-state index in [1.807, 2.05) is 31.2 Å². The van der Waals surface area contributed by atoms with Crippen molar-refractivity contribution in [2.45, 2.75) is 19.9 Å². The maximum Gasteiger partial charge on any atom is 0.255 e. The summed E-state index contributed by atoms with van der Waals surface area (Å²) in [6, 6.07) is 13.4. The lowest BCUT2D eigenvalue weighted by atomic mass is 10.2. The first-order valence-electron chi connectivity index (χ1n) is 9.75. The highest BCUT2D eigenvalue weighted by molar-refractivity contribution is 5.95. The lowest BCUT2D eigenvalue weighted by Crippen LogP contribution is -2.24. The number of nitrogens with zero attached hydrogens (tertiary/aromatic N) is 4. The monoisotopic (exact) mass is 420 g/mol. The van der Waals surface area contributed by atoms with Crippen molar-refractivity contribution in [3.8, 4) is 22.8 Å². The molecular weight excluding hydrogens is 399 g/mol. The summed E-state index contributed by atoms with van der Waals surface area (Å²) in [7, 11) is 1.61. The van der Waals surface area contributed by atoms with Crippen LogP contribution in [0.5, 0.6) is 5.75 Å². The summed E-state index contributed by atoms with van der Waals surface area (Å²) in [4.78, 5) is 17.2. The number of aromatic nitrogens is 5. The smallest absolute Gasteiger partial charge is 0.255 e. The number of rotatable bonds is 7. The van der Waals surface area contributed by atoms with Crippen LogP contribution in [0.2, 0.25) is 0 Å². The first kappa shape index (κ1) is 20.3. The Kier molecular flexibility index (Phi) is 5.74. The Labute approximate surface area is 178 Å². The van der Waals surface area contributed by atoms with Gasteiger partial charge in [-0.15, -0.1) is 0 Å². The summed E-state index contributed by atoms with van der Waals surface area (Å²) in [6.07, 6.45) is 2.10. The number of halogens is 1. The molecule has 8 nitrogen and oxygen atoms in total. The molecule has 0 fully saturated rings. The molecule has 31 heavy (non-hydrogen) atoms. The number of hydrogen-bond acceptors (Lipinski definition) is 5. The van der Waals surface area contributed by atoms with E-state index < -0.39 is 0 Å². The van der Waals surface area contributed by atoms with Crippen LogP contribution in [-0.4, -0.2) is 38.0 Å². The highest BCUT2D eigenvalue weighted by Crippen LogP contribution is 2.19. The minimum atomic E-state index is -0.326. The van der Waals surface area contributed by atoms with Gasteiger partial charge in [0.25, 0.3) is 5.91 Å². The molecule has 0 aliphatic carbocycles. The maximum absolute atomic E-state index is 13.2. The SMILES string of the molecule is CCc1c(C(=O)NCc2nc(-c3ccc(OC)cc3)n[nH]2)cnn1-c1ccc(F)cc1. The van der Waals surface area contributed by atoms with Gasteiger partial charge in [-0.25, -0.2) is 14.1 Å². The molecule has 4 aromatic rings. The van der Waals surface area contributed by atoms with Crippen molar-refractivity contribution in [2.75, 3.05) is 7.11 Å². The summed E-state index contributed by atoms with van der Waals surface area (Å²) in [6.45, 7) is 2.12. The number of benzene rings is 2. The van der Waals surface area contributed by atoms with Gasteiger partial charge < -0.3 is 10.1 Å². The van der Waals surface area contributed by atoms with E-state index in [2.05, 4.69) is 25.6 Å². The Balaban J connectivity index is 1.45. The molecule has 0 bridgehead atoms. The predicted octanol–water partition coefficient (Wildman–Crippen LogP) is 3.30. The van der Waals surface area contributed by atoms with E-state index in [-0.39, 0.29) is 18.3 Å². The summed E-state index contributed by atoms with van der Waals surface area (Å²) in [5.74, 6) is 1.22. The highest BCUT2D eigenvalue weighted by atomic mass is 19.1. The molecule has 0 aliphatic rings. The van der Waals surface area contributed by atoms with Gasteiger partial charge in [-0.1, -0.05) is 6.92 Å². The normalized spacial score (nSPS) is 10.8. The third-order valence-electron chi connectivity index (χ3n) is 4.82. The number of H-pyrrole nitrogens is 1. The molecule has 1 amide bonds. The van der Waals surface area contributed by atoms with Gasteiger partial charge in [0.1, 0.15) is 17.4 Å². The molecule has 0 saturated carbocycles. The van der Waals surface area contributed by atoms with Crippen LogP contribution in [0.1, 0.15) is 28.8 Å². The number of nitrogens with one attached hydrogen (secondary N) is 2. The van der Waals surface area contributed by atoms with Crippen molar-refractivity contribution in [1.82, 2.24) is 30.3 Å². The van der Waals surface area contributed by atoms with Crippen LogP contribution in [0.3, 0.4) is 0 Å². The van der Waals surface area contributed by atoms with Crippen molar-refractivity contribution in [3.63, 3.8) is 0 Å². The molecule has 0 spiro atoms. The number of ether oxygens (including phenoxy) is 1. The minimum absolute atomic E-state index is 0.187. The molecule has 0 radical (unpaired) electrons. The van der Waals surface area contributed by atoms with E-state index in [0.717, 1.165) is 17.0 Å². The lowest BCUT2D eigenvalue weighted by Gasteiger charge is -2.08. The fourth-order valence-electron chi connectivity index (χ4n) is 3.21. The quantitative estimate of drug-likeness (QED) is 0.478. The van der Waals surface area contributed by atoms with E-state index in [1.54, 1.807) is 23.9 Å². The van der Waals surface area contributed by atoms with E-state index in [9.17, 15) is 9.18 Å². The summed E-state index contributed by atoms with van der Waals surface area (Å²) in [5, 5.41) is 14.2. The zero-order valence-electron chi connectivity index (χ0n) is 17.1. The Morgan fingerprint density at radius 2 is 1.90 bits per heavy atom. The maximum atomic E-state index is 13.2. The largest absolute Gasteiger partial charge is 0.497 e. The number of methoxy groups -OCH3 is 1. The van der Waals surface area contributed by atoms with Crippen LogP contribution in [-0.2, 0) is 13.0 Å². The highest BCUT2D eigenvalue weighted by Gasteiger charge is 2.17. The number of hydrogen-bond donors (Lipinski definition) is 2. The summed E-state index contributed by atoms with van der Waals surface area (Å²) in [5.41, 5.74) is 2.72. The van der Waals surface area contributed by atoms with E-state index in [1.165, 1.54) is 18.3 Å². The second kappa shape index (κ2) is 8.78. The third-order valence-corrected chi connectivity index (χ3v) is 4.82. The molecule has 0 aliphatic heterocycles. The lowest BCUT2D eigenvalue weighted by molar-refractivity contribution is 0.0949. The molecule has 2 aromatic heterocycles. The zero-order chi connectivity index (χ0) is 21.8. The Morgan fingerprint density at radius 1 is 1.16 bits per heavy atom. The topological polar surface area (TPSA) is 97.7 Å². The average molecular weight is 420 g/mol. The summed E-state index contributed by atoms with van der Waals surface area (Å²) >= 11 is 0. The van der Waals surface area contributed by atoms with Crippen LogP contribution < -0.4 is 10.1 Å². The second-order valence-electron chi connectivity index (χ2n) is 6.76. The van der Waals surface area contributed by atoms with Crippen molar-refractivity contribution in [2.24, 2.45) is 0 Å². The van der Waals surface area contributed by atoms with Crippen LogP contribution in [0.4, 0.5) is 4.39 Å². The number of carbonyl (C=O) groups excluding carboxylic acids is 1. The van der Waals surface area contributed by atoms with Crippen LogP contribution in [0.15, 0.2) is 54.7 Å². The van der Waals surface area contributed by atoms with Gasteiger partial charge >= 0.3 is 0 Å². The minimum Gasteiger partial charge on any atom is -0.497 e. The Morgan fingerprint density at radius 3 is 2.58 bits per heavy atom. The standard InChI is InChI=1S/C22H21FN6O2/c1-3-19-18(12-25-29(19)16-8-6-15(23)7-9-16)22(30)24-13-20-26-21(28-27-20)14-4-10-17(31-2)11-5-14/h4-12H,3,13H2,1-2H3,(H,24,30)(H,26,27,28). The van der Waals surface area contributed by atoms with Crippen LogP contribution in [0, 0.1) is 5.82 Å². The molecule has 4 rings (SSSR count). The van der Waals surface area contributed by atoms with Gasteiger partial charge in [-0.05, 0) is 55.0 Å². The first-order valence-corrected chi connectivity index (χ1v) is 9.75. The van der Waals surface area contributed by atoms with Crippen molar-refractivity contribution in [1.29, 1.82) is 0 Å². The number of carbonyl (C=O) groups is 1. The summed E-state index contributed by atoms with van der Waals surface area (Å²) < 4.78 is 20.0. The zero-order valence-corrected chi connectivity index (χ0v) is 17.1. The second-order valence-corrected chi connectivity index (χ2v) is 6.76. The predicted molar refractivity (Wildman–Crippen MR) is 112 cm³/mol. The van der Waals surface area contributed by atoms with Crippen molar-refractivity contribution < 1.29 is 13.9 Å². The molecule has 2 aromatic carbocycles. The van der Waals surface area contributed by atoms with Crippen molar-refractivity contribution in [3.05, 3.63) is 77.6 Å². The fraction of sp³-hybridized carbons (Fsp3) is 0.182. The average Bonchev–Trinajstić information content (AvgIpc) is 3.45. The molecule has 0 unspecified atom stereocenters. The fourth-order valence-corrected chi connectivity index (χ4v) is 3.21. The van der Waals surface area contributed by atoms with Crippen molar-refractivity contribution >= 4 is 5.91 Å². The Bertz CT molecular complexity index is 1180. The Hall–Kier alpha value is -4.01. The molecule has 0 atom stereocenters. The molecule has 2 heterocycles. The van der Waals surface area contributed by atoms with Gasteiger partial charge in [0, 0.05) is 5.56 Å². The molecule has 9 heteroatoms. The van der Waals surface area contributed by atoms with Gasteiger partial charge in [0.2, 0.25) is 0 Å². The first-order chi connectivity index (χ1) is 15.1. The van der Waals surface area contributed by atoms with E-state index in [0.29, 0.717) is 29.3 Å². The molecule has 2 N–H and O–H groups in total. The van der Waals surface area contributed by atoms with Crippen LogP contribution in [0.25, 0.3) is 17.1 Å². The van der Waals surface area contributed by atoms with E-state index in [4.69, 9.17) is 4.74 Å².